The van der Waals surface area contributed by atoms with Crippen LogP contribution < -0.4 is 5.32 Å². The normalized spacial score (nSPS) is 26.6. The number of piperidine rings is 1. The topological polar surface area (TPSA) is 54.5 Å². The minimum absolute atomic E-state index is 0.0771. The highest BCUT2D eigenvalue weighted by molar-refractivity contribution is 7.07. The van der Waals surface area contributed by atoms with Gasteiger partial charge in [0.2, 0.25) is 0 Å². The Morgan fingerprint density at radius 3 is 2.54 bits per heavy atom. The second kappa shape index (κ2) is 9.78. The molecule has 10 heteroatoms. The van der Waals surface area contributed by atoms with Crippen LogP contribution in [0.5, 0.6) is 0 Å². The number of halogens is 4. The first-order valence-electron chi connectivity index (χ1n) is 12.2. The SMILES string of the molecule is O=C(NCc1cc(F)cc(C(F)(F)F)c1)[C@@]1(C2CC2)CCC(N2CCC(c3cscn3)CC2)CO1. The number of amides is 1. The van der Waals surface area contributed by atoms with E-state index in [9.17, 15) is 22.4 Å². The molecule has 0 bridgehead atoms. The minimum atomic E-state index is -4.65. The molecule has 0 radical (unpaired) electrons. The molecule has 0 spiro atoms. The van der Waals surface area contributed by atoms with Crippen molar-refractivity contribution in [2.75, 3.05) is 19.7 Å². The molecular formula is C25H29F4N3O2S. The van der Waals surface area contributed by atoms with Gasteiger partial charge in [-0.2, -0.15) is 13.2 Å². The third kappa shape index (κ3) is 5.39. The van der Waals surface area contributed by atoms with E-state index in [1.807, 2.05) is 5.51 Å². The number of alkyl halides is 3. The number of carbonyl (C=O) groups excluding carboxylic acids is 1. The fraction of sp³-hybridized carbons (Fsp3) is 0.600. The molecule has 1 amide bonds. The van der Waals surface area contributed by atoms with E-state index in [1.54, 1.807) is 11.3 Å². The van der Waals surface area contributed by atoms with Crippen LogP contribution in [0.2, 0.25) is 0 Å². The van der Waals surface area contributed by atoms with Crippen molar-refractivity contribution in [1.29, 1.82) is 0 Å². The highest BCUT2D eigenvalue weighted by Gasteiger charge is 2.54. The van der Waals surface area contributed by atoms with Gasteiger partial charge in [-0.3, -0.25) is 9.69 Å². The van der Waals surface area contributed by atoms with Gasteiger partial charge in [0.05, 0.1) is 23.4 Å². The van der Waals surface area contributed by atoms with E-state index in [2.05, 4.69) is 20.6 Å². The zero-order chi connectivity index (χ0) is 24.6. The summed E-state index contributed by atoms with van der Waals surface area (Å²) in [6.07, 6.45) is 0.682. The number of carbonyl (C=O) groups is 1. The largest absolute Gasteiger partial charge is 0.416 e. The number of aromatic nitrogens is 1. The van der Waals surface area contributed by atoms with Crippen LogP contribution >= 0.6 is 11.3 Å². The average molecular weight is 512 g/mol. The van der Waals surface area contributed by atoms with E-state index in [0.717, 1.165) is 57.3 Å². The first kappa shape index (κ1) is 24.6. The standard InChI is InChI=1S/C25H29F4N3O2S/c26-20-10-16(9-19(11-20)25(27,28)29)12-30-23(33)24(18-1-2-18)6-3-21(13-34-24)32-7-4-17(5-8-32)22-14-35-15-31-22/h9-11,14-15,17-18,21H,1-8,12-13H2,(H,30,33)/t21?,24-/m0/s1. The summed E-state index contributed by atoms with van der Waals surface area (Å²) < 4.78 is 59.1. The molecule has 1 aromatic carbocycles. The maximum absolute atomic E-state index is 13.7. The first-order valence-corrected chi connectivity index (χ1v) is 13.1. The summed E-state index contributed by atoms with van der Waals surface area (Å²) in [7, 11) is 0. The Kier molecular flexibility index (Phi) is 6.89. The van der Waals surface area contributed by atoms with Crippen molar-refractivity contribution < 1.29 is 27.1 Å². The highest BCUT2D eigenvalue weighted by atomic mass is 32.1. The molecule has 3 fully saturated rings. The van der Waals surface area contributed by atoms with Crippen LogP contribution in [0, 0.1) is 11.7 Å². The predicted octanol–water partition coefficient (Wildman–Crippen LogP) is 5.12. The van der Waals surface area contributed by atoms with Gasteiger partial charge in [-0.15, -0.1) is 11.3 Å². The summed E-state index contributed by atoms with van der Waals surface area (Å²) >= 11 is 1.63. The second-order valence-electron chi connectivity index (χ2n) is 9.92. The van der Waals surface area contributed by atoms with Crippen LogP contribution in [0.15, 0.2) is 29.1 Å². The monoisotopic (exact) mass is 511 g/mol. The Labute approximate surface area is 205 Å². The Morgan fingerprint density at radius 1 is 1.17 bits per heavy atom. The van der Waals surface area contributed by atoms with Crippen molar-refractivity contribution in [2.45, 2.75) is 68.8 Å². The Balaban J connectivity index is 1.18. The summed E-state index contributed by atoms with van der Waals surface area (Å²) in [6.45, 7) is 2.23. The van der Waals surface area contributed by atoms with Crippen LogP contribution in [0.1, 0.15) is 61.3 Å². The Hall–Kier alpha value is -2.04. The molecule has 2 aliphatic heterocycles. The molecule has 2 atom stereocenters. The molecule has 35 heavy (non-hydrogen) atoms. The summed E-state index contributed by atoms with van der Waals surface area (Å²) in [5.41, 5.74) is 1.13. The fourth-order valence-electron chi connectivity index (χ4n) is 5.54. The first-order chi connectivity index (χ1) is 16.7. The maximum atomic E-state index is 13.7. The van der Waals surface area contributed by atoms with Crippen molar-refractivity contribution in [2.24, 2.45) is 5.92 Å². The molecule has 1 aromatic heterocycles. The summed E-state index contributed by atoms with van der Waals surface area (Å²) in [4.78, 5) is 20.1. The number of hydrogen-bond acceptors (Lipinski definition) is 5. The Morgan fingerprint density at radius 2 is 1.94 bits per heavy atom. The molecule has 1 unspecified atom stereocenters. The number of likely N-dealkylation sites (tertiary alicyclic amines) is 1. The summed E-state index contributed by atoms with van der Waals surface area (Å²) in [5.74, 6) is -0.661. The summed E-state index contributed by atoms with van der Waals surface area (Å²) in [5, 5.41) is 4.86. The van der Waals surface area contributed by atoms with E-state index in [-0.39, 0.29) is 30.0 Å². The van der Waals surface area contributed by atoms with Crippen LogP contribution in [0.4, 0.5) is 17.6 Å². The van der Waals surface area contributed by atoms with E-state index in [4.69, 9.17) is 4.74 Å². The van der Waals surface area contributed by atoms with Crippen LogP contribution in [-0.2, 0) is 22.3 Å². The van der Waals surface area contributed by atoms with Crippen LogP contribution in [0.25, 0.3) is 0 Å². The van der Waals surface area contributed by atoms with Gasteiger partial charge in [0, 0.05) is 23.9 Å². The zero-order valence-electron chi connectivity index (χ0n) is 19.3. The van der Waals surface area contributed by atoms with E-state index >= 15 is 0 Å². The molecule has 3 aliphatic rings. The lowest BCUT2D eigenvalue weighted by molar-refractivity contribution is -0.165. The molecular weight excluding hydrogens is 482 g/mol. The third-order valence-electron chi connectivity index (χ3n) is 7.66. The van der Waals surface area contributed by atoms with Crippen LogP contribution in [0.3, 0.4) is 0 Å². The number of hydrogen-bond donors (Lipinski definition) is 1. The minimum Gasteiger partial charge on any atom is -0.363 e. The molecule has 190 valence electrons. The van der Waals surface area contributed by atoms with Crippen molar-refractivity contribution >= 4 is 17.2 Å². The molecule has 2 saturated heterocycles. The van der Waals surface area contributed by atoms with Gasteiger partial charge in [0.1, 0.15) is 11.4 Å². The maximum Gasteiger partial charge on any atom is 0.416 e. The molecule has 1 saturated carbocycles. The van der Waals surface area contributed by atoms with Crippen molar-refractivity contribution in [3.05, 3.63) is 51.7 Å². The highest BCUT2D eigenvalue weighted by Crippen LogP contribution is 2.47. The van der Waals surface area contributed by atoms with Crippen molar-refractivity contribution in [3.63, 3.8) is 0 Å². The smallest absolute Gasteiger partial charge is 0.363 e. The molecule has 3 heterocycles. The van der Waals surface area contributed by atoms with Gasteiger partial charge >= 0.3 is 6.18 Å². The predicted molar refractivity (Wildman–Crippen MR) is 123 cm³/mol. The summed E-state index contributed by atoms with van der Waals surface area (Å²) in [6, 6.07) is 2.61. The number of benzene rings is 1. The van der Waals surface area contributed by atoms with Gasteiger partial charge in [0.25, 0.3) is 5.91 Å². The van der Waals surface area contributed by atoms with E-state index in [1.165, 1.54) is 5.69 Å². The second-order valence-corrected chi connectivity index (χ2v) is 10.6. The average Bonchev–Trinajstić information content (AvgIpc) is 3.56. The van der Waals surface area contributed by atoms with Crippen molar-refractivity contribution in [1.82, 2.24) is 15.2 Å². The number of nitrogens with zero attached hydrogens (tertiary/aromatic N) is 2. The zero-order valence-corrected chi connectivity index (χ0v) is 20.1. The van der Waals surface area contributed by atoms with Gasteiger partial charge in [-0.1, -0.05) is 0 Å². The number of rotatable bonds is 6. The number of nitrogens with one attached hydrogen (secondary N) is 1. The van der Waals surface area contributed by atoms with Gasteiger partial charge in [-0.25, -0.2) is 9.37 Å². The van der Waals surface area contributed by atoms with E-state index in [0.29, 0.717) is 25.0 Å². The molecule has 5 rings (SSSR count). The quantitative estimate of drug-likeness (QED) is 0.547. The van der Waals surface area contributed by atoms with Gasteiger partial charge in [0.15, 0.2) is 0 Å². The van der Waals surface area contributed by atoms with E-state index < -0.39 is 23.2 Å². The van der Waals surface area contributed by atoms with Gasteiger partial charge < -0.3 is 10.1 Å². The molecule has 2 aromatic rings. The molecule has 1 N–H and O–H groups in total. The molecule has 1 aliphatic carbocycles. The Bertz CT molecular complexity index is 1030. The number of thiazole rings is 1. The van der Waals surface area contributed by atoms with Crippen LogP contribution in [-0.4, -0.2) is 47.1 Å². The third-order valence-corrected chi connectivity index (χ3v) is 8.26. The lowest BCUT2D eigenvalue weighted by Gasteiger charge is -2.44. The fourth-order valence-corrected chi connectivity index (χ4v) is 6.17. The van der Waals surface area contributed by atoms with Crippen molar-refractivity contribution in [3.8, 4) is 0 Å². The lowest BCUT2D eigenvalue weighted by Crippen LogP contribution is -2.57. The lowest BCUT2D eigenvalue weighted by atomic mass is 9.85. The molecule has 5 nitrogen and oxygen atoms in total. The number of ether oxygens (including phenoxy) is 1. The van der Waals surface area contributed by atoms with Gasteiger partial charge in [-0.05, 0) is 81.3 Å².